The molecule has 138 valence electrons. The lowest BCUT2D eigenvalue weighted by atomic mass is 9.98. The largest absolute Gasteiger partial charge is 0.348 e. The van der Waals surface area contributed by atoms with Crippen LogP contribution in [0.1, 0.15) is 42.4 Å². The predicted octanol–water partition coefficient (Wildman–Crippen LogP) is 2.90. The molecule has 2 bridgehead atoms. The average Bonchev–Trinajstić information content (AvgIpc) is 3.20. The van der Waals surface area contributed by atoms with Crippen LogP contribution < -0.4 is 5.32 Å². The van der Waals surface area contributed by atoms with Crippen molar-refractivity contribution in [1.82, 2.24) is 20.4 Å². The molecular formula is C20H26N4O2. The number of hydrogen-bond donors (Lipinski definition) is 1. The minimum absolute atomic E-state index is 0.0340. The van der Waals surface area contributed by atoms with E-state index < -0.39 is 0 Å². The Morgan fingerprint density at radius 1 is 1.27 bits per heavy atom. The highest BCUT2D eigenvalue weighted by Gasteiger charge is 2.33. The first-order valence-electron chi connectivity index (χ1n) is 9.51. The molecule has 2 fully saturated rings. The maximum Gasteiger partial charge on any atom is 0.251 e. The van der Waals surface area contributed by atoms with Gasteiger partial charge < -0.3 is 14.7 Å². The SMILES string of the molecule is Cc1nc(-c2ccc(C(=O)N[C@H](C)CN3CC4CCC(C4)C3)cc2)no1. The van der Waals surface area contributed by atoms with E-state index in [9.17, 15) is 4.79 Å². The Labute approximate surface area is 154 Å². The van der Waals surface area contributed by atoms with Crippen molar-refractivity contribution in [2.75, 3.05) is 19.6 Å². The highest BCUT2D eigenvalue weighted by Crippen LogP contribution is 2.36. The first-order chi connectivity index (χ1) is 12.6. The number of nitrogens with one attached hydrogen (secondary N) is 1. The number of rotatable bonds is 5. The van der Waals surface area contributed by atoms with E-state index in [0.29, 0.717) is 17.3 Å². The number of carbonyl (C=O) groups is 1. The lowest BCUT2D eigenvalue weighted by Crippen LogP contribution is -2.46. The van der Waals surface area contributed by atoms with Gasteiger partial charge in [-0.3, -0.25) is 4.79 Å². The molecule has 3 atom stereocenters. The maximum atomic E-state index is 12.5. The quantitative estimate of drug-likeness (QED) is 0.894. The first kappa shape index (κ1) is 17.2. The number of aryl methyl sites for hydroxylation is 1. The van der Waals surface area contributed by atoms with Crippen LogP contribution in [0.5, 0.6) is 0 Å². The van der Waals surface area contributed by atoms with Gasteiger partial charge in [0.2, 0.25) is 11.7 Å². The molecule has 1 amide bonds. The van der Waals surface area contributed by atoms with Gasteiger partial charge in [-0.15, -0.1) is 0 Å². The summed E-state index contributed by atoms with van der Waals surface area (Å²) in [5, 5.41) is 7.03. The molecule has 2 aromatic rings. The van der Waals surface area contributed by atoms with Crippen molar-refractivity contribution < 1.29 is 9.32 Å². The molecule has 0 radical (unpaired) electrons. The van der Waals surface area contributed by atoms with Crippen molar-refractivity contribution in [3.05, 3.63) is 35.7 Å². The molecule has 2 unspecified atom stereocenters. The molecule has 1 saturated carbocycles. The third-order valence-corrected chi connectivity index (χ3v) is 5.53. The van der Waals surface area contributed by atoms with E-state index in [1.54, 1.807) is 6.92 Å². The van der Waals surface area contributed by atoms with Crippen molar-refractivity contribution in [3.63, 3.8) is 0 Å². The molecule has 2 heterocycles. The number of amides is 1. The molecule has 6 heteroatoms. The minimum atomic E-state index is -0.0340. The zero-order valence-electron chi connectivity index (χ0n) is 15.4. The standard InChI is InChI=1S/C20H26N4O2/c1-13(10-24-11-15-3-4-16(9-15)12-24)21-20(25)18-7-5-17(6-8-18)19-22-14(2)26-23-19/h5-8,13,15-16H,3-4,9-12H2,1-2H3,(H,21,25)/t13-,15?,16?/m1/s1. The Balaban J connectivity index is 1.32. The molecule has 2 aliphatic rings. The summed E-state index contributed by atoms with van der Waals surface area (Å²) in [6.45, 7) is 7.16. The van der Waals surface area contributed by atoms with E-state index in [4.69, 9.17) is 4.52 Å². The van der Waals surface area contributed by atoms with Gasteiger partial charge in [-0.1, -0.05) is 17.3 Å². The topological polar surface area (TPSA) is 71.3 Å². The van der Waals surface area contributed by atoms with Gasteiger partial charge >= 0.3 is 0 Å². The van der Waals surface area contributed by atoms with Crippen LogP contribution >= 0.6 is 0 Å². The molecule has 1 aromatic carbocycles. The van der Waals surface area contributed by atoms with Crippen LogP contribution in [-0.2, 0) is 0 Å². The number of carbonyl (C=O) groups excluding carboxylic acids is 1. The third-order valence-electron chi connectivity index (χ3n) is 5.53. The molecule has 6 nitrogen and oxygen atoms in total. The summed E-state index contributed by atoms with van der Waals surface area (Å²) in [4.78, 5) is 19.2. The Kier molecular flexibility index (Phi) is 4.76. The fourth-order valence-corrected chi connectivity index (χ4v) is 4.39. The van der Waals surface area contributed by atoms with Crippen molar-refractivity contribution in [1.29, 1.82) is 0 Å². The molecule has 1 saturated heterocycles. The van der Waals surface area contributed by atoms with Gasteiger partial charge in [0.25, 0.3) is 5.91 Å². The molecule has 4 rings (SSSR count). The monoisotopic (exact) mass is 354 g/mol. The van der Waals surface area contributed by atoms with Crippen molar-refractivity contribution in [2.24, 2.45) is 11.8 Å². The average molecular weight is 354 g/mol. The van der Waals surface area contributed by atoms with E-state index in [1.165, 1.54) is 32.4 Å². The van der Waals surface area contributed by atoms with Crippen LogP contribution in [0.25, 0.3) is 11.4 Å². The molecular weight excluding hydrogens is 328 g/mol. The number of benzene rings is 1. The maximum absolute atomic E-state index is 12.5. The summed E-state index contributed by atoms with van der Waals surface area (Å²) in [6, 6.07) is 7.46. The summed E-state index contributed by atoms with van der Waals surface area (Å²) >= 11 is 0. The Hall–Kier alpha value is -2.21. The van der Waals surface area contributed by atoms with Crippen LogP contribution in [0, 0.1) is 18.8 Å². The number of hydrogen-bond acceptors (Lipinski definition) is 5. The Morgan fingerprint density at radius 2 is 1.96 bits per heavy atom. The summed E-state index contributed by atoms with van der Waals surface area (Å²) in [7, 11) is 0. The fraction of sp³-hybridized carbons (Fsp3) is 0.550. The normalized spacial score (nSPS) is 23.8. The predicted molar refractivity (Wildman–Crippen MR) is 98.7 cm³/mol. The van der Waals surface area contributed by atoms with Gasteiger partial charge in [0.05, 0.1) is 0 Å². The molecule has 0 spiro atoms. The molecule has 1 aliphatic carbocycles. The number of aromatic nitrogens is 2. The van der Waals surface area contributed by atoms with E-state index in [1.807, 2.05) is 24.3 Å². The Bertz CT molecular complexity index is 758. The van der Waals surface area contributed by atoms with E-state index in [-0.39, 0.29) is 11.9 Å². The molecule has 1 aliphatic heterocycles. The molecule has 26 heavy (non-hydrogen) atoms. The van der Waals surface area contributed by atoms with E-state index in [0.717, 1.165) is 23.9 Å². The first-order valence-corrected chi connectivity index (χ1v) is 9.51. The highest BCUT2D eigenvalue weighted by molar-refractivity contribution is 5.94. The van der Waals surface area contributed by atoms with Crippen LogP contribution in [-0.4, -0.2) is 46.6 Å². The van der Waals surface area contributed by atoms with Crippen molar-refractivity contribution in [3.8, 4) is 11.4 Å². The van der Waals surface area contributed by atoms with Crippen molar-refractivity contribution in [2.45, 2.75) is 39.2 Å². The second kappa shape index (κ2) is 7.19. The Morgan fingerprint density at radius 3 is 2.58 bits per heavy atom. The summed E-state index contributed by atoms with van der Waals surface area (Å²) in [5.74, 6) is 2.79. The van der Waals surface area contributed by atoms with Gasteiger partial charge in [0.1, 0.15) is 0 Å². The van der Waals surface area contributed by atoms with E-state index in [2.05, 4.69) is 27.3 Å². The summed E-state index contributed by atoms with van der Waals surface area (Å²) in [6.07, 6.45) is 4.17. The van der Waals surface area contributed by atoms with Gasteiger partial charge in [0.15, 0.2) is 0 Å². The number of fused-ring (bicyclic) bond motifs is 2. The smallest absolute Gasteiger partial charge is 0.251 e. The van der Waals surface area contributed by atoms with Crippen LogP contribution in [0.15, 0.2) is 28.8 Å². The minimum Gasteiger partial charge on any atom is -0.348 e. The number of piperidine rings is 1. The third kappa shape index (κ3) is 3.80. The van der Waals surface area contributed by atoms with Crippen molar-refractivity contribution >= 4 is 5.91 Å². The van der Waals surface area contributed by atoms with E-state index >= 15 is 0 Å². The second-order valence-electron chi connectivity index (χ2n) is 7.85. The summed E-state index contributed by atoms with van der Waals surface area (Å²) < 4.78 is 5.00. The van der Waals surface area contributed by atoms with Gasteiger partial charge in [-0.25, -0.2) is 0 Å². The fourth-order valence-electron chi connectivity index (χ4n) is 4.39. The number of likely N-dealkylation sites (tertiary alicyclic amines) is 1. The molecule has 1 aromatic heterocycles. The van der Waals surface area contributed by atoms with Crippen LogP contribution in [0.4, 0.5) is 0 Å². The lowest BCUT2D eigenvalue weighted by Gasteiger charge is -2.33. The van der Waals surface area contributed by atoms with Crippen LogP contribution in [0.2, 0.25) is 0 Å². The second-order valence-corrected chi connectivity index (χ2v) is 7.85. The summed E-state index contributed by atoms with van der Waals surface area (Å²) in [5.41, 5.74) is 1.50. The van der Waals surface area contributed by atoms with Gasteiger partial charge in [-0.05, 0) is 50.2 Å². The zero-order chi connectivity index (χ0) is 18.1. The van der Waals surface area contributed by atoms with Crippen LogP contribution in [0.3, 0.4) is 0 Å². The lowest BCUT2D eigenvalue weighted by molar-refractivity contribution is 0.0916. The zero-order valence-corrected chi connectivity index (χ0v) is 15.4. The molecule has 1 N–H and O–H groups in total. The highest BCUT2D eigenvalue weighted by atomic mass is 16.5. The van der Waals surface area contributed by atoms with Gasteiger partial charge in [0, 0.05) is 43.7 Å². The number of nitrogens with zero attached hydrogens (tertiary/aromatic N) is 3. The van der Waals surface area contributed by atoms with Gasteiger partial charge in [-0.2, -0.15) is 4.98 Å².